The molecule has 0 spiro atoms. The van der Waals surface area contributed by atoms with Crippen LogP contribution in [0.1, 0.15) is 43.9 Å². The first-order valence-corrected chi connectivity index (χ1v) is 12.5. The van der Waals surface area contributed by atoms with Gasteiger partial charge in [-0.3, -0.25) is 9.10 Å². The lowest BCUT2D eigenvalue weighted by molar-refractivity contribution is -0.123. The number of amides is 1. The predicted molar refractivity (Wildman–Crippen MR) is 127 cm³/mol. The maximum absolute atomic E-state index is 13.2. The van der Waals surface area contributed by atoms with Crippen LogP contribution >= 0.6 is 23.2 Å². The predicted octanol–water partition coefficient (Wildman–Crippen LogP) is 5.12. The van der Waals surface area contributed by atoms with E-state index in [0.717, 1.165) is 27.4 Å². The SMILES string of the molecule is CC[C@H](C(=O)N[C@H](CC)c1ccc(OC)c(C)c1)N(c1cc(Cl)cc(Cl)c1)S(C)(=O)=O. The minimum atomic E-state index is -3.79. The Balaban J connectivity index is 2.39. The van der Waals surface area contributed by atoms with E-state index in [1.807, 2.05) is 32.0 Å². The van der Waals surface area contributed by atoms with Gasteiger partial charge < -0.3 is 10.1 Å². The second-order valence-corrected chi connectivity index (χ2v) is 10.0. The lowest BCUT2D eigenvalue weighted by Gasteiger charge is -2.31. The molecule has 2 atom stereocenters. The lowest BCUT2D eigenvalue weighted by Crippen LogP contribution is -2.50. The number of aryl methyl sites for hydroxylation is 1. The van der Waals surface area contributed by atoms with E-state index >= 15 is 0 Å². The van der Waals surface area contributed by atoms with Crippen molar-refractivity contribution in [3.05, 3.63) is 57.6 Å². The number of anilines is 1. The first-order valence-electron chi connectivity index (χ1n) is 9.92. The number of benzene rings is 2. The van der Waals surface area contributed by atoms with Gasteiger partial charge in [0.2, 0.25) is 15.9 Å². The smallest absolute Gasteiger partial charge is 0.244 e. The van der Waals surface area contributed by atoms with Crippen LogP contribution in [0.15, 0.2) is 36.4 Å². The van der Waals surface area contributed by atoms with E-state index in [9.17, 15) is 13.2 Å². The monoisotopic (exact) mass is 486 g/mol. The van der Waals surface area contributed by atoms with E-state index in [1.54, 1.807) is 14.0 Å². The first-order chi connectivity index (χ1) is 14.5. The molecule has 0 radical (unpaired) electrons. The molecule has 1 N–H and O–H groups in total. The standard InChI is InChI=1S/C22H28Cl2N2O4S/c1-6-19(15-8-9-21(30-4)14(3)10-15)25-22(27)20(7-2)26(31(5,28)29)18-12-16(23)11-17(24)13-18/h8-13,19-20H,6-7H2,1-5H3,(H,25,27)/t19-,20-/m1/s1. The van der Waals surface area contributed by atoms with Gasteiger partial charge in [0.05, 0.1) is 25.1 Å². The zero-order valence-electron chi connectivity index (χ0n) is 18.3. The molecule has 2 aromatic carbocycles. The fourth-order valence-electron chi connectivity index (χ4n) is 3.53. The molecular weight excluding hydrogens is 459 g/mol. The van der Waals surface area contributed by atoms with E-state index in [2.05, 4.69) is 5.32 Å². The van der Waals surface area contributed by atoms with E-state index < -0.39 is 22.0 Å². The number of ether oxygens (including phenoxy) is 1. The summed E-state index contributed by atoms with van der Waals surface area (Å²) in [5.74, 6) is 0.363. The molecule has 0 aliphatic rings. The Labute approximate surface area is 194 Å². The van der Waals surface area contributed by atoms with Crippen LogP contribution in [0, 0.1) is 6.92 Å². The van der Waals surface area contributed by atoms with Crippen molar-refractivity contribution in [2.45, 2.75) is 45.7 Å². The summed E-state index contributed by atoms with van der Waals surface area (Å²) < 4.78 is 31.7. The number of carbonyl (C=O) groups is 1. The fourth-order valence-corrected chi connectivity index (χ4v) is 5.24. The fraction of sp³-hybridized carbons (Fsp3) is 0.409. The zero-order chi connectivity index (χ0) is 23.3. The molecule has 2 rings (SSSR count). The number of nitrogens with one attached hydrogen (secondary N) is 1. The second kappa shape index (κ2) is 10.6. The topological polar surface area (TPSA) is 75.7 Å². The molecule has 0 aliphatic heterocycles. The van der Waals surface area contributed by atoms with Gasteiger partial charge in [-0.05, 0) is 55.2 Å². The number of hydrogen-bond acceptors (Lipinski definition) is 4. The van der Waals surface area contributed by atoms with Crippen LogP contribution in [0.4, 0.5) is 5.69 Å². The highest BCUT2D eigenvalue weighted by Crippen LogP contribution is 2.30. The summed E-state index contributed by atoms with van der Waals surface area (Å²) in [4.78, 5) is 13.2. The van der Waals surface area contributed by atoms with Gasteiger partial charge in [-0.2, -0.15) is 0 Å². The number of sulfonamides is 1. The van der Waals surface area contributed by atoms with Crippen LogP contribution in [-0.2, 0) is 14.8 Å². The molecule has 0 aromatic heterocycles. The molecular formula is C22H28Cl2N2O4S. The highest BCUT2D eigenvalue weighted by atomic mass is 35.5. The summed E-state index contributed by atoms with van der Waals surface area (Å²) in [5, 5.41) is 3.57. The molecule has 0 heterocycles. The third-order valence-electron chi connectivity index (χ3n) is 4.98. The van der Waals surface area contributed by atoms with Crippen molar-refractivity contribution in [1.29, 1.82) is 0 Å². The van der Waals surface area contributed by atoms with Crippen molar-refractivity contribution in [2.75, 3.05) is 17.7 Å². The van der Waals surface area contributed by atoms with Crippen molar-refractivity contribution >= 4 is 44.8 Å². The molecule has 2 aromatic rings. The molecule has 0 fully saturated rings. The number of methoxy groups -OCH3 is 1. The summed E-state index contributed by atoms with van der Waals surface area (Å²) in [5.41, 5.74) is 2.11. The average Bonchev–Trinajstić information content (AvgIpc) is 2.67. The van der Waals surface area contributed by atoms with Gasteiger partial charge in [-0.1, -0.05) is 49.2 Å². The van der Waals surface area contributed by atoms with Gasteiger partial charge in [-0.15, -0.1) is 0 Å². The third kappa shape index (κ3) is 6.28. The molecule has 170 valence electrons. The van der Waals surface area contributed by atoms with E-state index in [0.29, 0.717) is 6.42 Å². The zero-order valence-corrected chi connectivity index (χ0v) is 20.6. The van der Waals surface area contributed by atoms with Crippen LogP contribution < -0.4 is 14.4 Å². The van der Waals surface area contributed by atoms with E-state index in [4.69, 9.17) is 27.9 Å². The minimum absolute atomic E-state index is 0.246. The average molecular weight is 487 g/mol. The van der Waals surface area contributed by atoms with Crippen LogP contribution in [0.5, 0.6) is 5.75 Å². The Hall–Kier alpha value is -1.96. The molecule has 0 unspecified atom stereocenters. The summed E-state index contributed by atoms with van der Waals surface area (Å²) >= 11 is 12.2. The van der Waals surface area contributed by atoms with Crippen molar-refractivity contribution < 1.29 is 17.9 Å². The largest absolute Gasteiger partial charge is 0.496 e. The van der Waals surface area contributed by atoms with Gasteiger partial charge >= 0.3 is 0 Å². The normalized spacial score (nSPS) is 13.4. The van der Waals surface area contributed by atoms with Crippen molar-refractivity contribution in [2.24, 2.45) is 0 Å². The number of nitrogens with zero attached hydrogens (tertiary/aromatic N) is 1. The van der Waals surface area contributed by atoms with Gasteiger partial charge in [0.15, 0.2) is 0 Å². The number of hydrogen-bond donors (Lipinski definition) is 1. The Bertz CT molecular complexity index is 1020. The quantitative estimate of drug-likeness (QED) is 0.533. The Morgan fingerprint density at radius 2 is 1.71 bits per heavy atom. The van der Waals surface area contributed by atoms with E-state index in [-0.39, 0.29) is 28.2 Å². The van der Waals surface area contributed by atoms with Gasteiger partial charge in [0.25, 0.3) is 0 Å². The Kier molecular flexibility index (Phi) is 8.63. The maximum atomic E-state index is 13.2. The molecule has 0 saturated carbocycles. The van der Waals surface area contributed by atoms with Crippen LogP contribution in [0.3, 0.4) is 0 Å². The summed E-state index contributed by atoms with van der Waals surface area (Å²) in [6.45, 7) is 5.64. The van der Waals surface area contributed by atoms with Crippen molar-refractivity contribution in [1.82, 2.24) is 5.32 Å². The van der Waals surface area contributed by atoms with Gasteiger partial charge in [-0.25, -0.2) is 8.42 Å². The van der Waals surface area contributed by atoms with Crippen molar-refractivity contribution in [3.8, 4) is 5.75 Å². The molecule has 0 saturated heterocycles. The lowest BCUT2D eigenvalue weighted by atomic mass is 10.0. The summed E-state index contributed by atoms with van der Waals surface area (Å²) in [7, 11) is -2.19. The van der Waals surface area contributed by atoms with Gasteiger partial charge in [0, 0.05) is 10.0 Å². The molecule has 6 nitrogen and oxygen atoms in total. The number of halogens is 2. The third-order valence-corrected chi connectivity index (χ3v) is 6.59. The number of rotatable bonds is 9. The molecule has 31 heavy (non-hydrogen) atoms. The minimum Gasteiger partial charge on any atom is -0.496 e. The first kappa shape index (κ1) is 25.3. The Morgan fingerprint density at radius 1 is 1.10 bits per heavy atom. The number of carbonyl (C=O) groups excluding carboxylic acids is 1. The maximum Gasteiger partial charge on any atom is 0.244 e. The summed E-state index contributed by atoms with van der Waals surface area (Å²) in [6, 6.07) is 8.93. The second-order valence-electron chi connectivity index (χ2n) is 7.31. The molecule has 0 aliphatic carbocycles. The Morgan fingerprint density at radius 3 is 2.16 bits per heavy atom. The summed E-state index contributed by atoms with van der Waals surface area (Å²) in [6.07, 6.45) is 1.96. The van der Waals surface area contributed by atoms with Crippen LogP contribution in [0.2, 0.25) is 10.0 Å². The molecule has 0 bridgehead atoms. The van der Waals surface area contributed by atoms with Gasteiger partial charge in [0.1, 0.15) is 11.8 Å². The van der Waals surface area contributed by atoms with Crippen LogP contribution in [-0.4, -0.2) is 33.7 Å². The highest BCUT2D eigenvalue weighted by molar-refractivity contribution is 7.92. The van der Waals surface area contributed by atoms with E-state index in [1.165, 1.54) is 18.2 Å². The van der Waals surface area contributed by atoms with Crippen LogP contribution in [0.25, 0.3) is 0 Å². The highest BCUT2D eigenvalue weighted by Gasteiger charge is 2.33. The van der Waals surface area contributed by atoms with Crippen molar-refractivity contribution in [3.63, 3.8) is 0 Å². The molecule has 9 heteroatoms. The molecule has 1 amide bonds.